The fraction of sp³-hybridized carbons (Fsp3) is 0.467. The number of benzene rings is 1. The Morgan fingerprint density at radius 2 is 2.13 bits per heavy atom. The van der Waals surface area contributed by atoms with Gasteiger partial charge in [0, 0.05) is 18.7 Å². The number of nitrogens with one attached hydrogen (secondary N) is 1. The fourth-order valence-corrected chi connectivity index (χ4v) is 2.60. The smallest absolute Gasteiger partial charge is 0.314 e. The van der Waals surface area contributed by atoms with Gasteiger partial charge in [-0.3, -0.25) is 19.7 Å². The number of methoxy groups -OCH3 is 1. The minimum Gasteiger partial charge on any atom is -0.494 e. The molecule has 1 aromatic rings. The van der Waals surface area contributed by atoms with Gasteiger partial charge in [0.15, 0.2) is 0 Å². The van der Waals surface area contributed by atoms with Crippen molar-refractivity contribution in [3.05, 3.63) is 28.3 Å². The molecule has 1 fully saturated rings. The number of non-ortho nitro benzene ring substituents is 1. The number of carbonyl (C=O) groups excluding carboxylic acids is 2. The van der Waals surface area contributed by atoms with E-state index in [0.717, 1.165) is 19.3 Å². The van der Waals surface area contributed by atoms with Crippen molar-refractivity contribution < 1.29 is 19.2 Å². The number of likely N-dealkylation sites (tertiary alicyclic amines) is 1. The van der Waals surface area contributed by atoms with Crippen molar-refractivity contribution in [2.75, 3.05) is 19.0 Å². The predicted octanol–water partition coefficient (Wildman–Crippen LogP) is 1.94. The van der Waals surface area contributed by atoms with Gasteiger partial charge in [-0.15, -0.1) is 0 Å². The Balaban J connectivity index is 2.13. The van der Waals surface area contributed by atoms with E-state index in [4.69, 9.17) is 4.74 Å². The highest BCUT2D eigenvalue weighted by Gasteiger charge is 2.28. The minimum absolute atomic E-state index is 0.0285. The molecule has 23 heavy (non-hydrogen) atoms. The summed E-state index contributed by atoms with van der Waals surface area (Å²) in [7, 11) is 1.34. The van der Waals surface area contributed by atoms with E-state index in [1.165, 1.54) is 25.3 Å². The lowest BCUT2D eigenvalue weighted by Crippen LogP contribution is -2.47. The molecule has 0 spiro atoms. The number of anilines is 1. The van der Waals surface area contributed by atoms with Crippen LogP contribution in [0.5, 0.6) is 5.75 Å². The third-order valence-corrected chi connectivity index (χ3v) is 3.90. The van der Waals surface area contributed by atoms with E-state index in [1.807, 2.05) is 6.92 Å². The summed E-state index contributed by atoms with van der Waals surface area (Å²) in [6.07, 6.45) is 2.80. The highest BCUT2D eigenvalue weighted by Crippen LogP contribution is 2.29. The van der Waals surface area contributed by atoms with Gasteiger partial charge in [0.1, 0.15) is 5.75 Å². The van der Waals surface area contributed by atoms with Crippen LogP contribution in [0.15, 0.2) is 18.2 Å². The maximum absolute atomic E-state index is 12.3. The lowest BCUT2D eigenvalue weighted by Gasteiger charge is -2.32. The van der Waals surface area contributed by atoms with Crippen LogP contribution in [0.25, 0.3) is 0 Å². The van der Waals surface area contributed by atoms with E-state index in [0.29, 0.717) is 6.54 Å². The molecule has 0 saturated carbocycles. The van der Waals surface area contributed by atoms with Crippen molar-refractivity contribution in [3.63, 3.8) is 0 Å². The summed E-state index contributed by atoms with van der Waals surface area (Å²) in [5, 5.41) is 13.2. The maximum atomic E-state index is 12.3. The van der Waals surface area contributed by atoms with Crippen molar-refractivity contribution in [1.82, 2.24) is 4.90 Å². The second kappa shape index (κ2) is 7.08. The number of hydrogen-bond donors (Lipinski definition) is 1. The van der Waals surface area contributed by atoms with E-state index < -0.39 is 16.7 Å². The molecule has 8 heteroatoms. The van der Waals surface area contributed by atoms with Gasteiger partial charge in [-0.1, -0.05) is 0 Å². The summed E-state index contributed by atoms with van der Waals surface area (Å²) in [6.45, 7) is 2.47. The van der Waals surface area contributed by atoms with Crippen LogP contribution in [0.3, 0.4) is 0 Å². The first kappa shape index (κ1) is 16.7. The number of nitro benzene ring substituents is 1. The van der Waals surface area contributed by atoms with E-state index >= 15 is 0 Å². The first-order chi connectivity index (χ1) is 10.9. The lowest BCUT2D eigenvalue weighted by molar-refractivity contribution is -0.384. The monoisotopic (exact) mass is 321 g/mol. The second-order valence-corrected chi connectivity index (χ2v) is 5.44. The van der Waals surface area contributed by atoms with Gasteiger partial charge in [-0.05, 0) is 32.3 Å². The number of nitro groups is 1. The van der Waals surface area contributed by atoms with Gasteiger partial charge in [0.05, 0.1) is 23.8 Å². The van der Waals surface area contributed by atoms with Crippen LogP contribution in [0.1, 0.15) is 26.2 Å². The minimum atomic E-state index is -0.772. The molecule has 1 heterocycles. The Labute approximate surface area is 133 Å². The predicted molar refractivity (Wildman–Crippen MR) is 83.3 cm³/mol. The normalized spacial score (nSPS) is 17.5. The van der Waals surface area contributed by atoms with Gasteiger partial charge in [-0.2, -0.15) is 0 Å². The summed E-state index contributed by atoms with van der Waals surface area (Å²) in [6, 6.07) is 3.82. The van der Waals surface area contributed by atoms with Crippen LogP contribution < -0.4 is 10.1 Å². The SMILES string of the molecule is COc1cc([N+](=O)[O-])ccc1NC(=O)C(=O)N1CCCCC1C. The zero-order valence-corrected chi connectivity index (χ0v) is 13.1. The molecule has 0 aliphatic carbocycles. The molecule has 1 saturated heterocycles. The number of amides is 2. The Kier molecular flexibility index (Phi) is 5.15. The molecule has 1 aromatic carbocycles. The molecule has 0 bridgehead atoms. The molecule has 1 unspecified atom stereocenters. The highest BCUT2D eigenvalue weighted by molar-refractivity contribution is 6.39. The third kappa shape index (κ3) is 3.77. The van der Waals surface area contributed by atoms with Crippen LogP contribution in [-0.2, 0) is 9.59 Å². The molecule has 0 aromatic heterocycles. The first-order valence-electron chi connectivity index (χ1n) is 7.38. The Hall–Kier alpha value is -2.64. The summed E-state index contributed by atoms with van der Waals surface area (Å²) in [4.78, 5) is 36.2. The molecular weight excluding hydrogens is 302 g/mol. The van der Waals surface area contributed by atoms with Crippen molar-refractivity contribution in [1.29, 1.82) is 0 Å². The topological polar surface area (TPSA) is 102 Å². The lowest BCUT2D eigenvalue weighted by atomic mass is 10.0. The second-order valence-electron chi connectivity index (χ2n) is 5.44. The maximum Gasteiger partial charge on any atom is 0.314 e. The van der Waals surface area contributed by atoms with E-state index in [2.05, 4.69) is 5.32 Å². The van der Waals surface area contributed by atoms with Gasteiger partial charge in [0.2, 0.25) is 0 Å². The zero-order chi connectivity index (χ0) is 17.0. The van der Waals surface area contributed by atoms with Crippen LogP contribution >= 0.6 is 0 Å². The molecule has 0 radical (unpaired) electrons. The average molecular weight is 321 g/mol. The number of carbonyl (C=O) groups is 2. The highest BCUT2D eigenvalue weighted by atomic mass is 16.6. The van der Waals surface area contributed by atoms with E-state index in [1.54, 1.807) is 4.90 Å². The molecule has 1 N–H and O–H groups in total. The number of piperidine rings is 1. The first-order valence-corrected chi connectivity index (χ1v) is 7.38. The molecule has 124 valence electrons. The number of rotatable bonds is 3. The molecule has 8 nitrogen and oxygen atoms in total. The Morgan fingerprint density at radius 3 is 2.74 bits per heavy atom. The van der Waals surface area contributed by atoms with Gasteiger partial charge in [0.25, 0.3) is 5.69 Å². The molecular formula is C15H19N3O5. The summed E-state index contributed by atoms with van der Waals surface area (Å²) in [5.41, 5.74) is 0.0666. The van der Waals surface area contributed by atoms with Crippen LogP contribution in [0, 0.1) is 10.1 Å². The van der Waals surface area contributed by atoms with E-state index in [9.17, 15) is 19.7 Å². The van der Waals surface area contributed by atoms with Gasteiger partial charge >= 0.3 is 11.8 Å². The molecule has 2 rings (SSSR count). The molecule has 1 atom stereocenters. The van der Waals surface area contributed by atoms with Gasteiger partial charge < -0.3 is 15.0 Å². The number of ether oxygens (including phenoxy) is 1. The summed E-state index contributed by atoms with van der Waals surface area (Å²) >= 11 is 0. The van der Waals surface area contributed by atoms with Crippen molar-refractivity contribution in [3.8, 4) is 5.75 Å². The van der Waals surface area contributed by atoms with Crippen LogP contribution in [0.2, 0.25) is 0 Å². The van der Waals surface area contributed by atoms with Crippen molar-refractivity contribution >= 4 is 23.2 Å². The number of nitrogens with zero attached hydrogens (tertiary/aromatic N) is 2. The standard InChI is InChI=1S/C15H19N3O5/c1-10-5-3-4-8-17(10)15(20)14(19)16-12-7-6-11(18(21)22)9-13(12)23-2/h6-7,9-10H,3-5,8H2,1-2H3,(H,16,19). The van der Waals surface area contributed by atoms with Crippen LogP contribution in [-0.4, -0.2) is 41.3 Å². The molecule has 1 aliphatic heterocycles. The zero-order valence-electron chi connectivity index (χ0n) is 13.1. The number of hydrogen-bond acceptors (Lipinski definition) is 5. The van der Waals surface area contributed by atoms with E-state index in [-0.39, 0.29) is 23.2 Å². The summed E-state index contributed by atoms with van der Waals surface area (Å²) < 4.78 is 5.04. The van der Waals surface area contributed by atoms with Crippen molar-refractivity contribution in [2.24, 2.45) is 0 Å². The van der Waals surface area contributed by atoms with Crippen LogP contribution in [0.4, 0.5) is 11.4 Å². The molecule has 1 aliphatic rings. The Morgan fingerprint density at radius 1 is 1.39 bits per heavy atom. The van der Waals surface area contributed by atoms with Crippen molar-refractivity contribution in [2.45, 2.75) is 32.2 Å². The summed E-state index contributed by atoms with van der Waals surface area (Å²) in [5.74, 6) is -1.24. The third-order valence-electron chi connectivity index (χ3n) is 3.90. The largest absolute Gasteiger partial charge is 0.494 e. The van der Waals surface area contributed by atoms with Gasteiger partial charge in [-0.25, -0.2) is 0 Å². The molecule has 2 amide bonds. The Bertz CT molecular complexity index is 632. The average Bonchev–Trinajstić information content (AvgIpc) is 2.54. The quantitative estimate of drug-likeness (QED) is 0.521. The fourth-order valence-electron chi connectivity index (χ4n) is 2.60.